The summed E-state index contributed by atoms with van der Waals surface area (Å²) in [5.41, 5.74) is 0.129. The Morgan fingerprint density at radius 1 is 1.17 bits per heavy atom. The fourth-order valence-corrected chi connectivity index (χ4v) is 3.33. The number of fused-ring (bicyclic) bond motifs is 1. The third kappa shape index (κ3) is 4.67. The number of rotatable bonds is 7. The van der Waals surface area contributed by atoms with Gasteiger partial charge in [0.25, 0.3) is 0 Å². The van der Waals surface area contributed by atoms with Crippen LogP contribution >= 0.6 is 0 Å². The van der Waals surface area contributed by atoms with Gasteiger partial charge in [-0.25, -0.2) is 4.98 Å². The summed E-state index contributed by atoms with van der Waals surface area (Å²) in [5, 5.41) is 3.15. The third-order valence-electron chi connectivity index (χ3n) is 4.62. The predicted octanol–water partition coefficient (Wildman–Crippen LogP) is 3.82. The van der Waals surface area contributed by atoms with Crippen LogP contribution in [0.3, 0.4) is 0 Å². The van der Waals surface area contributed by atoms with E-state index >= 15 is 0 Å². The van der Waals surface area contributed by atoms with Crippen LogP contribution in [0.15, 0.2) is 42.6 Å². The molecule has 3 aromatic rings. The second-order valence-electron chi connectivity index (χ2n) is 6.89. The molecule has 0 fully saturated rings. The highest BCUT2D eigenvalue weighted by atomic mass is 19.4. The summed E-state index contributed by atoms with van der Waals surface area (Å²) in [6.45, 7) is 1.59. The molecule has 0 aliphatic rings. The lowest BCUT2D eigenvalue weighted by Crippen LogP contribution is -2.37. The molecule has 6 nitrogen and oxygen atoms in total. The van der Waals surface area contributed by atoms with Crippen LogP contribution in [0.2, 0.25) is 0 Å². The highest BCUT2D eigenvalue weighted by molar-refractivity contribution is 5.79. The zero-order chi connectivity index (χ0) is 21.9. The first kappa shape index (κ1) is 21.5. The summed E-state index contributed by atoms with van der Waals surface area (Å²) in [7, 11) is 3.01. The molecule has 1 aromatic carbocycles. The van der Waals surface area contributed by atoms with Gasteiger partial charge in [0.2, 0.25) is 5.91 Å². The number of halogens is 3. The van der Waals surface area contributed by atoms with E-state index in [1.54, 1.807) is 37.3 Å². The van der Waals surface area contributed by atoms with E-state index in [2.05, 4.69) is 10.3 Å². The summed E-state index contributed by atoms with van der Waals surface area (Å²) in [4.78, 5) is 16.5. The van der Waals surface area contributed by atoms with Crippen LogP contribution in [0.5, 0.6) is 11.5 Å². The zero-order valence-electron chi connectivity index (χ0n) is 16.8. The first-order valence-electron chi connectivity index (χ1n) is 9.24. The molecule has 30 heavy (non-hydrogen) atoms. The van der Waals surface area contributed by atoms with E-state index in [0.29, 0.717) is 22.4 Å². The number of aromatic nitrogens is 2. The van der Waals surface area contributed by atoms with Crippen molar-refractivity contribution in [3.05, 3.63) is 53.9 Å². The van der Waals surface area contributed by atoms with Crippen molar-refractivity contribution in [2.45, 2.75) is 32.1 Å². The monoisotopic (exact) mass is 421 g/mol. The lowest BCUT2D eigenvalue weighted by atomic mass is 10.1. The summed E-state index contributed by atoms with van der Waals surface area (Å²) < 4.78 is 51.9. The van der Waals surface area contributed by atoms with Crippen molar-refractivity contribution in [1.82, 2.24) is 14.9 Å². The quantitative estimate of drug-likeness (QED) is 0.630. The topological polar surface area (TPSA) is 65.4 Å². The van der Waals surface area contributed by atoms with Gasteiger partial charge in [0, 0.05) is 24.2 Å². The number of amides is 1. The van der Waals surface area contributed by atoms with Gasteiger partial charge in [-0.05, 0) is 42.8 Å². The van der Waals surface area contributed by atoms with Crippen molar-refractivity contribution in [1.29, 1.82) is 0 Å². The Kier molecular flexibility index (Phi) is 6.19. The standard InChI is InChI=1S/C21H22F3N3O3/c1-13(26-19(28)10-14-6-7-16(29-2)17(9-14)30-3)12-27-18(21(22,23)24)11-15-5-4-8-25-20(15)27/h4-9,11,13H,10,12H2,1-3H3,(H,26,28)/t13-/m1/s1. The van der Waals surface area contributed by atoms with Gasteiger partial charge < -0.3 is 19.4 Å². The van der Waals surface area contributed by atoms with E-state index in [0.717, 1.165) is 10.6 Å². The molecule has 0 bridgehead atoms. The minimum Gasteiger partial charge on any atom is -0.493 e. The van der Waals surface area contributed by atoms with Crippen LogP contribution in [0.25, 0.3) is 11.0 Å². The van der Waals surface area contributed by atoms with Gasteiger partial charge in [-0.1, -0.05) is 6.07 Å². The number of alkyl halides is 3. The minimum atomic E-state index is -4.52. The molecule has 2 aromatic heterocycles. The number of carbonyl (C=O) groups is 1. The number of methoxy groups -OCH3 is 2. The van der Waals surface area contributed by atoms with E-state index in [-0.39, 0.29) is 24.5 Å². The molecule has 2 heterocycles. The zero-order valence-corrected chi connectivity index (χ0v) is 16.8. The average Bonchev–Trinajstić information content (AvgIpc) is 3.06. The number of benzene rings is 1. The molecule has 0 saturated heterocycles. The number of nitrogens with zero attached hydrogens (tertiary/aromatic N) is 2. The van der Waals surface area contributed by atoms with E-state index in [9.17, 15) is 18.0 Å². The lowest BCUT2D eigenvalue weighted by molar-refractivity contribution is -0.143. The smallest absolute Gasteiger partial charge is 0.431 e. The van der Waals surface area contributed by atoms with Crippen LogP contribution in [0.4, 0.5) is 13.2 Å². The van der Waals surface area contributed by atoms with Gasteiger partial charge in [-0.3, -0.25) is 4.79 Å². The first-order valence-corrected chi connectivity index (χ1v) is 9.24. The Balaban J connectivity index is 1.73. The molecule has 160 valence electrons. The SMILES string of the molecule is COc1ccc(CC(=O)N[C@H](C)Cn2c(C(F)(F)F)cc3cccnc32)cc1OC. The lowest BCUT2D eigenvalue weighted by Gasteiger charge is -2.18. The predicted molar refractivity (Wildman–Crippen MR) is 106 cm³/mol. The molecule has 1 amide bonds. The highest BCUT2D eigenvalue weighted by Gasteiger charge is 2.36. The molecule has 3 rings (SSSR count). The minimum absolute atomic E-state index is 0.0570. The van der Waals surface area contributed by atoms with Crippen LogP contribution in [0, 0.1) is 0 Å². The van der Waals surface area contributed by atoms with Crippen molar-refractivity contribution in [2.24, 2.45) is 0 Å². The van der Waals surface area contributed by atoms with Gasteiger partial charge in [-0.15, -0.1) is 0 Å². The Bertz CT molecular complexity index is 1050. The van der Waals surface area contributed by atoms with Crippen LogP contribution in [0.1, 0.15) is 18.2 Å². The molecule has 0 spiro atoms. The molecular formula is C21H22F3N3O3. The van der Waals surface area contributed by atoms with E-state index in [1.165, 1.54) is 20.4 Å². The number of nitrogens with one attached hydrogen (secondary N) is 1. The number of hydrogen-bond donors (Lipinski definition) is 1. The maximum absolute atomic E-state index is 13.5. The normalized spacial score (nSPS) is 12.6. The Labute approximate surface area is 171 Å². The molecule has 0 unspecified atom stereocenters. The molecule has 1 N–H and O–H groups in total. The van der Waals surface area contributed by atoms with Crippen molar-refractivity contribution < 1.29 is 27.4 Å². The third-order valence-corrected chi connectivity index (χ3v) is 4.62. The van der Waals surface area contributed by atoms with E-state index in [1.807, 2.05) is 0 Å². The summed E-state index contributed by atoms with van der Waals surface area (Å²) in [5.74, 6) is 0.727. The van der Waals surface area contributed by atoms with Crippen molar-refractivity contribution in [3.63, 3.8) is 0 Å². The number of pyridine rings is 1. The Hall–Kier alpha value is -3.23. The molecule has 0 radical (unpaired) electrons. The van der Waals surface area contributed by atoms with E-state index in [4.69, 9.17) is 9.47 Å². The van der Waals surface area contributed by atoms with Gasteiger partial charge in [0.1, 0.15) is 11.3 Å². The molecule has 1 atom stereocenters. The van der Waals surface area contributed by atoms with Gasteiger partial charge in [0.15, 0.2) is 11.5 Å². The highest BCUT2D eigenvalue weighted by Crippen LogP contribution is 2.33. The van der Waals surface area contributed by atoms with Crippen LogP contribution < -0.4 is 14.8 Å². The van der Waals surface area contributed by atoms with Crippen molar-refractivity contribution >= 4 is 16.9 Å². The largest absolute Gasteiger partial charge is 0.493 e. The summed E-state index contributed by atoms with van der Waals surface area (Å²) in [6, 6.07) is 8.80. The number of carbonyl (C=O) groups excluding carboxylic acids is 1. The second kappa shape index (κ2) is 8.64. The van der Waals surface area contributed by atoms with Crippen molar-refractivity contribution in [2.75, 3.05) is 14.2 Å². The second-order valence-corrected chi connectivity index (χ2v) is 6.89. The fourth-order valence-electron chi connectivity index (χ4n) is 3.33. The molecule has 0 saturated carbocycles. The molecule has 9 heteroatoms. The molecule has 0 aliphatic heterocycles. The van der Waals surface area contributed by atoms with E-state index < -0.39 is 17.9 Å². The number of hydrogen-bond acceptors (Lipinski definition) is 4. The fraction of sp³-hybridized carbons (Fsp3) is 0.333. The summed E-state index contributed by atoms with van der Waals surface area (Å²) in [6.07, 6.45) is -3.02. The van der Waals surface area contributed by atoms with Gasteiger partial charge >= 0.3 is 6.18 Å². The Morgan fingerprint density at radius 3 is 2.57 bits per heavy atom. The van der Waals surface area contributed by atoms with Crippen LogP contribution in [-0.2, 0) is 23.9 Å². The Morgan fingerprint density at radius 2 is 1.90 bits per heavy atom. The molecular weight excluding hydrogens is 399 g/mol. The van der Waals surface area contributed by atoms with Crippen LogP contribution in [-0.4, -0.2) is 35.7 Å². The van der Waals surface area contributed by atoms with Crippen molar-refractivity contribution in [3.8, 4) is 11.5 Å². The maximum Gasteiger partial charge on any atom is 0.431 e. The summed E-state index contributed by atoms with van der Waals surface area (Å²) >= 11 is 0. The van der Waals surface area contributed by atoms with Gasteiger partial charge in [-0.2, -0.15) is 13.2 Å². The average molecular weight is 421 g/mol. The van der Waals surface area contributed by atoms with Gasteiger partial charge in [0.05, 0.1) is 20.6 Å². The number of ether oxygens (including phenoxy) is 2. The maximum atomic E-state index is 13.5. The first-order chi connectivity index (χ1) is 14.2. The molecule has 0 aliphatic carbocycles.